The Balaban J connectivity index is 1.93. The second-order valence-corrected chi connectivity index (χ2v) is 5.38. The first kappa shape index (κ1) is 16.9. The van der Waals surface area contributed by atoms with Gasteiger partial charge in [-0.25, -0.2) is 4.98 Å². The zero-order valence-corrected chi connectivity index (χ0v) is 13.8. The number of nitrogens with one attached hydrogen (secondary N) is 2. The molecule has 3 rings (SSSR count). The van der Waals surface area contributed by atoms with Gasteiger partial charge in [-0.15, -0.1) is 6.58 Å². The van der Waals surface area contributed by atoms with Crippen molar-refractivity contribution in [3.05, 3.63) is 78.4 Å². The summed E-state index contributed by atoms with van der Waals surface area (Å²) in [5.41, 5.74) is 1.68. The molecule has 2 aromatic heterocycles. The summed E-state index contributed by atoms with van der Waals surface area (Å²) in [4.78, 5) is 29.1. The van der Waals surface area contributed by atoms with Crippen LogP contribution in [-0.2, 0) is 0 Å². The Kier molecular flexibility index (Phi) is 4.76. The van der Waals surface area contributed by atoms with Crippen molar-refractivity contribution in [3.63, 3.8) is 0 Å². The molecule has 0 fully saturated rings. The number of carbonyl (C=O) groups excluding carboxylic acids is 2. The highest BCUT2D eigenvalue weighted by Gasteiger charge is 2.21. The molecule has 2 heterocycles. The van der Waals surface area contributed by atoms with E-state index >= 15 is 0 Å². The van der Waals surface area contributed by atoms with Gasteiger partial charge in [0.25, 0.3) is 11.8 Å². The fourth-order valence-electron chi connectivity index (χ4n) is 2.43. The summed E-state index contributed by atoms with van der Waals surface area (Å²) < 4.78 is 1.56. The molecule has 26 heavy (non-hydrogen) atoms. The number of benzene rings is 1. The highest BCUT2D eigenvalue weighted by molar-refractivity contribution is 6.08. The SMILES string of the molecule is C=CCNC(=O)c1nc(C(=O)Nc2ccc(C#N)cc2)c2ccccn12. The first-order valence-electron chi connectivity index (χ1n) is 7.81. The maximum atomic E-state index is 12.6. The van der Waals surface area contributed by atoms with Crippen LogP contribution in [0.2, 0.25) is 0 Å². The van der Waals surface area contributed by atoms with Crippen molar-refractivity contribution in [2.45, 2.75) is 0 Å². The Labute approximate surface area is 149 Å². The van der Waals surface area contributed by atoms with Crippen molar-refractivity contribution in [1.82, 2.24) is 14.7 Å². The number of aromatic nitrogens is 2. The number of rotatable bonds is 5. The third-order valence-corrected chi connectivity index (χ3v) is 3.65. The number of carbonyl (C=O) groups is 2. The molecule has 0 aliphatic rings. The van der Waals surface area contributed by atoms with Crippen LogP contribution in [0.25, 0.3) is 5.52 Å². The van der Waals surface area contributed by atoms with Gasteiger partial charge >= 0.3 is 0 Å². The summed E-state index contributed by atoms with van der Waals surface area (Å²) in [6, 6.07) is 13.7. The zero-order valence-electron chi connectivity index (χ0n) is 13.8. The van der Waals surface area contributed by atoms with Gasteiger partial charge in [0.05, 0.1) is 17.1 Å². The molecule has 0 aliphatic heterocycles. The molecule has 7 nitrogen and oxygen atoms in total. The number of anilines is 1. The molecule has 2 N–H and O–H groups in total. The van der Waals surface area contributed by atoms with Crippen molar-refractivity contribution in [1.29, 1.82) is 5.26 Å². The largest absolute Gasteiger partial charge is 0.346 e. The number of hydrogen-bond acceptors (Lipinski definition) is 4. The number of nitriles is 1. The van der Waals surface area contributed by atoms with Crippen molar-refractivity contribution in [3.8, 4) is 6.07 Å². The third kappa shape index (κ3) is 3.30. The molecule has 0 aliphatic carbocycles. The van der Waals surface area contributed by atoms with Gasteiger partial charge in [0.2, 0.25) is 5.82 Å². The van der Waals surface area contributed by atoms with E-state index in [2.05, 4.69) is 22.2 Å². The quantitative estimate of drug-likeness (QED) is 0.694. The predicted molar refractivity (Wildman–Crippen MR) is 96.8 cm³/mol. The van der Waals surface area contributed by atoms with E-state index in [-0.39, 0.29) is 11.5 Å². The molecule has 0 radical (unpaired) electrons. The molecule has 7 heteroatoms. The van der Waals surface area contributed by atoms with Crippen LogP contribution in [0.4, 0.5) is 5.69 Å². The Morgan fingerprint density at radius 1 is 1.19 bits per heavy atom. The molecule has 128 valence electrons. The zero-order chi connectivity index (χ0) is 18.5. The number of imidazole rings is 1. The molecule has 0 saturated carbocycles. The molecule has 0 bridgehead atoms. The third-order valence-electron chi connectivity index (χ3n) is 3.65. The Morgan fingerprint density at radius 2 is 1.96 bits per heavy atom. The maximum Gasteiger partial charge on any atom is 0.287 e. The first-order chi connectivity index (χ1) is 12.6. The smallest absolute Gasteiger partial charge is 0.287 e. The van der Waals surface area contributed by atoms with E-state index in [1.54, 1.807) is 59.1 Å². The summed E-state index contributed by atoms with van der Waals surface area (Å²) in [5, 5.41) is 14.2. The molecule has 0 unspecified atom stereocenters. The lowest BCUT2D eigenvalue weighted by atomic mass is 10.2. The number of nitrogens with zero attached hydrogens (tertiary/aromatic N) is 3. The van der Waals surface area contributed by atoms with E-state index in [0.29, 0.717) is 23.3 Å². The van der Waals surface area contributed by atoms with Crippen molar-refractivity contribution in [2.24, 2.45) is 0 Å². The average Bonchev–Trinajstić information content (AvgIpc) is 3.06. The highest BCUT2D eigenvalue weighted by Crippen LogP contribution is 2.16. The number of pyridine rings is 1. The fraction of sp³-hybridized carbons (Fsp3) is 0.0526. The van der Waals surface area contributed by atoms with Crippen LogP contribution in [-0.4, -0.2) is 27.7 Å². The minimum Gasteiger partial charge on any atom is -0.346 e. The first-order valence-corrected chi connectivity index (χ1v) is 7.81. The van der Waals surface area contributed by atoms with E-state index in [0.717, 1.165) is 0 Å². The van der Waals surface area contributed by atoms with E-state index in [1.165, 1.54) is 0 Å². The van der Waals surface area contributed by atoms with Crippen LogP contribution in [0, 0.1) is 11.3 Å². The summed E-state index contributed by atoms with van der Waals surface area (Å²) in [5.74, 6) is -0.725. The lowest BCUT2D eigenvalue weighted by molar-refractivity contribution is 0.0947. The van der Waals surface area contributed by atoms with Crippen LogP contribution in [0.3, 0.4) is 0 Å². The summed E-state index contributed by atoms with van der Waals surface area (Å²) in [7, 11) is 0. The lowest BCUT2D eigenvalue weighted by Crippen LogP contribution is -2.25. The average molecular weight is 345 g/mol. The number of hydrogen-bond donors (Lipinski definition) is 2. The van der Waals surface area contributed by atoms with Crippen LogP contribution < -0.4 is 10.6 Å². The lowest BCUT2D eigenvalue weighted by Gasteiger charge is -2.03. The molecular weight excluding hydrogens is 330 g/mol. The van der Waals surface area contributed by atoms with Crippen molar-refractivity contribution in [2.75, 3.05) is 11.9 Å². The van der Waals surface area contributed by atoms with Gasteiger partial charge in [-0.1, -0.05) is 12.1 Å². The van der Waals surface area contributed by atoms with E-state index in [9.17, 15) is 9.59 Å². The Morgan fingerprint density at radius 3 is 2.65 bits per heavy atom. The topological polar surface area (TPSA) is 99.3 Å². The highest BCUT2D eigenvalue weighted by atomic mass is 16.2. The minimum absolute atomic E-state index is 0.118. The molecule has 0 saturated heterocycles. The molecule has 1 aromatic carbocycles. The summed E-state index contributed by atoms with van der Waals surface area (Å²) in [6.45, 7) is 3.85. The van der Waals surface area contributed by atoms with Crippen LogP contribution >= 0.6 is 0 Å². The van der Waals surface area contributed by atoms with Crippen molar-refractivity contribution < 1.29 is 9.59 Å². The van der Waals surface area contributed by atoms with E-state index in [4.69, 9.17) is 5.26 Å². The van der Waals surface area contributed by atoms with Gasteiger partial charge in [0, 0.05) is 18.4 Å². The number of amides is 2. The maximum absolute atomic E-state index is 12.6. The van der Waals surface area contributed by atoms with Gasteiger partial charge in [0.15, 0.2) is 5.69 Å². The van der Waals surface area contributed by atoms with Crippen LogP contribution in [0.5, 0.6) is 0 Å². The minimum atomic E-state index is -0.443. The normalized spacial score (nSPS) is 10.1. The van der Waals surface area contributed by atoms with Gasteiger partial charge < -0.3 is 10.6 Å². The van der Waals surface area contributed by atoms with E-state index in [1.807, 2.05) is 6.07 Å². The van der Waals surface area contributed by atoms with Gasteiger partial charge in [0.1, 0.15) is 0 Å². The van der Waals surface area contributed by atoms with Crippen LogP contribution in [0.1, 0.15) is 26.7 Å². The van der Waals surface area contributed by atoms with E-state index < -0.39 is 11.8 Å². The summed E-state index contributed by atoms with van der Waals surface area (Å²) in [6.07, 6.45) is 3.23. The fourth-order valence-corrected chi connectivity index (χ4v) is 2.43. The van der Waals surface area contributed by atoms with Gasteiger partial charge in [-0.05, 0) is 36.4 Å². The molecule has 0 spiro atoms. The second-order valence-electron chi connectivity index (χ2n) is 5.38. The Bertz CT molecular complexity index is 1030. The number of fused-ring (bicyclic) bond motifs is 1. The monoisotopic (exact) mass is 345 g/mol. The Hall–Kier alpha value is -3.92. The second kappa shape index (κ2) is 7.32. The molecule has 0 atom stereocenters. The van der Waals surface area contributed by atoms with Gasteiger partial charge in [-0.3, -0.25) is 14.0 Å². The molecular formula is C19H15N5O2. The predicted octanol–water partition coefficient (Wildman–Crippen LogP) is 2.37. The van der Waals surface area contributed by atoms with Gasteiger partial charge in [-0.2, -0.15) is 5.26 Å². The standard InChI is InChI=1S/C19H15N5O2/c1-2-10-21-19(26)17-23-16(15-5-3-4-11-24(15)17)18(25)22-14-8-6-13(12-20)7-9-14/h2-9,11H,1,10H2,(H,21,26)(H,22,25). The summed E-state index contributed by atoms with van der Waals surface area (Å²) >= 11 is 0. The van der Waals surface area contributed by atoms with Crippen molar-refractivity contribution >= 4 is 23.0 Å². The molecule has 2 amide bonds. The van der Waals surface area contributed by atoms with Crippen LogP contribution in [0.15, 0.2) is 61.3 Å². The molecule has 3 aromatic rings.